The summed E-state index contributed by atoms with van der Waals surface area (Å²) in [6.45, 7) is 2.70. The van der Waals surface area contributed by atoms with Crippen molar-refractivity contribution in [2.75, 3.05) is 39.1 Å². The number of nitrogens with one attached hydrogen (secondary N) is 2. The van der Waals surface area contributed by atoms with E-state index in [1.807, 2.05) is 14.1 Å². The van der Waals surface area contributed by atoms with Crippen LogP contribution in [-0.2, 0) is 22.7 Å². The highest BCUT2D eigenvalue weighted by atomic mass is 79.9. The van der Waals surface area contributed by atoms with Gasteiger partial charge in [0.25, 0.3) is 0 Å². The Balaban J connectivity index is 1.54. The molecule has 2 aromatic rings. The molecule has 1 saturated carbocycles. The van der Waals surface area contributed by atoms with Crippen LogP contribution in [0, 0.1) is 11.2 Å². The minimum Gasteiger partial charge on any atom is -0.463 e. The third-order valence-electron chi connectivity index (χ3n) is 6.43. The first-order valence-electron chi connectivity index (χ1n) is 11.0. The van der Waals surface area contributed by atoms with Gasteiger partial charge in [-0.1, -0.05) is 0 Å². The lowest BCUT2D eigenvalue weighted by molar-refractivity contribution is -0.123. The van der Waals surface area contributed by atoms with Crippen LogP contribution in [0.25, 0.3) is 10.9 Å². The number of rotatable bonds is 7. The van der Waals surface area contributed by atoms with Crippen LogP contribution in [0.2, 0.25) is 0 Å². The first-order chi connectivity index (χ1) is 15.4. The van der Waals surface area contributed by atoms with Gasteiger partial charge in [-0.15, -0.1) is 0 Å². The van der Waals surface area contributed by atoms with Gasteiger partial charge < -0.3 is 25.0 Å². The number of carbonyl (C=O) groups is 1. The SMILES string of the molecule is CN(C)CC1(COc2nc(N[C@@H]3CCCNC3=O)c3c4c(c(Br)c(F)c3n2)COC4)CC1. The van der Waals surface area contributed by atoms with E-state index in [2.05, 4.69) is 41.4 Å². The summed E-state index contributed by atoms with van der Waals surface area (Å²) in [5, 5.41) is 6.67. The van der Waals surface area contributed by atoms with Gasteiger partial charge in [-0.3, -0.25) is 4.79 Å². The number of piperidine rings is 1. The summed E-state index contributed by atoms with van der Waals surface area (Å²) < 4.78 is 27.3. The summed E-state index contributed by atoms with van der Waals surface area (Å²) in [7, 11) is 4.08. The predicted octanol–water partition coefficient (Wildman–Crippen LogP) is 2.97. The fourth-order valence-corrected chi connectivity index (χ4v) is 5.17. The smallest absolute Gasteiger partial charge is 0.319 e. The van der Waals surface area contributed by atoms with E-state index in [1.165, 1.54) is 0 Å². The summed E-state index contributed by atoms with van der Waals surface area (Å²) in [5.41, 5.74) is 1.85. The fourth-order valence-electron chi connectivity index (χ4n) is 4.63. The largest absolute Gasteiger partial charge is 0.463 e. The molecule has 2 N–H and O–H groups in total. The molecular weight excluding hydrogens is 481 g/mol. The standard InChI is InChI=1S/C22H27BrFN5O3/c1-29(2)10-22(5-6-22)11-32-21-27-18-15(12-8-31-9-13(12)16(23)17(18)24)19(28-21)26-14-4-3-7-25-20(14)30/h14H,3-11H2,1-2H3,(H,25,30)(H,26,27,28)/t14-/m1/s1. The second-order valence-corrected chi connectivity index (χ2v) is 10.1. The third-order valence-corrected chi connectivity index (χ3v) is 7.25. The van der Waals surface area contributed by atoms with Gasteiger partial charge in [0.1, 0.15) is 17.4 Å². The van der Waals surface area contributed by atoms with E-state index in [0.717, 1.165) is 36.9 Å². The molecule has 3 aliphatic rings. The Kier molecular flexibility index (Phi) is 5.71. The van der Waals surface area contributed by atoms with E-state index in [9.17, 15) is 4.79 Å². The lowest BCUT2D eigenvalue weighted by Crippen LogP contribution is -2.44. The van der Waals surface area contributed by atoms with Crippen molar-refractivity contribution in [1.82, 2.24) is 20.2 Å². The van der Waals surface area contributed by atoms with Crippen molar-refractivity contribution in [3.05, 3.63) is 21.4 Å². The van der Waals surface area contributed by atoms with Gasteiger partial charge in [0, 0.05) is 24.1 Å². The topological polar surface area (TPSA) is 88.6 Å². The number of anilines is 1. The molecule has 3 heterocycles. The van der Waals surface area contributed by atoms with E-state index in [1.54, 1.807) is 0 Å². The zero-order chi connectivity index (χ0) is 22.5. The molecule has 0 unspecified atom stereocenters. The van der Waals surface area contributed by atoms with Gasteiger partial charge in [-0.2, -0.15) is 9.97 Å². The van der Waals surface area contributed by atoms with Crippen molar-refractivity contribution >= 4 is 38.6 Å². The first kappa shape index (κ1) is 21.8. The molecule has 10 heteroatoms. The molecule has 2 fully saturated rings. The van der Waals surface area contributed by atoms with Crippen LogP contribution in [0.5, 0.6) is 6.01 Å². The monoisotopic (exact) mass is 507 g/mol. The Morgan fingerprint density at radius 2 is 2.09 bits per heavy atom. The second kappa shape index (κ2) is 8.39. The quantitative estimate of drug-likeness (QED) is 0.595. The van der Waals surface area contributed by atoms with Gasteiger partial charge in [0.2, 0.25) is 5.91 Å². The minimum absolute atomic E-state index is 0.0844. The molecule has 5 rings (SSSR count). The molecule has 172 valence electrons. The maximum atomic E-state index is 15.4. The van der Waals surface area contributed by atoms with Crippen LogP contribution in [0.1, 0.15) is 36.8 Å². The maximum Gasteiger partial charge on any atom is 0.319 e. The summed E-state index contributed by atoms with van der Waals surface area (Å²) in [4.78, 5) is 23.6. The van der Waals surface area contributed by atoms with E-state index in [-0.39, 0.29) is 22.8 Å². The van der Waals surface area contributed by atoms with E-state index >= 15 is 4.39 Å². The molecule has 0 spiro atoms. The average Bonchev–Trinajstić information content (AvgIpc) is 3.33. The van der Waals surface area contributed by atoms with Crippen LogP contribution < -0.4 is 15.4 Å². The minimum atomic E-state index is -0.470. The van der Waals surface area contributed by atoms with Gasteiger partial charge in [0.15, 0.2) is 5.82 Å². The second-order valence-electron chi connectivity index (χ2n) is 9.31. The molecule has 8 nitrogen and oxygen atoms in total. The number of halogens is 2. The Morgan fingerprint density at radius 3 is 2.81 bits per heavy atom. The number of hydrogen-bond donors (Lipinski definition) is 2. The van der Waals surface area contributed by atoms with E-state index < -0.39 is 11.9 Å². The molecule has 0 radical (unpaired) electrons. The number of fused-ring (bicyclic) bond motifs is 3. The average molecular weight is 508 g/mol. The molecule has 1 aromatic heterocycles. The van der Waals surface area contributed by atoms with Crippen molar-refractivity contribution < 1.29 is 18.7 Å². The van der Waals surface area contributed by atoms with Crippen molar-refractivity contribution in [3.8, 4) is 6.01 Å². The number of ether oxygens (including phenoxy) is 2. The molecular formula is C22H27BrFN5O3. The summed E-state index contributed by atoms with van der Waals surface area (Å²) in [6.07, 6.45) is 3.70. The third kappa shape index (κ3) is 4.04. The molecule has 1 aromatic carbocycles. The van der Waals surface area contributed by atoms with Crippen LogP contribution in [-0.4, -0.2) is 60.6 Å². The number of aromatic nitrogens is 2. The number of benzene rings is 1. The van der Waals surface area contributed by atoms with Crippen LogP contribution in [0.3, 0.4) is 0 Å². The Hall–Kier alpha value is -2.04. The van der Waals surface area contributed by atoms with Crippen LogP contribution in [0.4, 0.5) is 10.2 Å². The molecule has 1 saturated heterocycles. The summed E-state index contributed by atoms with van der Waals surface area (Å²) in [6, 6.07) is -0.325. The molecule has 32 heavy (non-hydrogen) atoms. The predicted molar refractivity (Wildman–Crippen MR) is 121 cm³/mol. The summed E-state index contributed by atoms with van der Waals surface area (Å²) in [5.74, 6) is -0.140. The van der Waals surface area contributed by atoms with Crippen LogP contribution >= 0.6 is 15.9 Å². The highest BCUT2D eigenvalue weighted by molar-refractivity contribution is 9.10. The first-order valence-corrected chi connectivity index (χ1v) is 11.8. The lowest BCUT2D eigenvalue weighted by Gasteiger charge is -2.25. The number of hydrogen-bond acceptors (Lipinski definition) is 7. The molecule has 2 aliphatic heterocycles. The molecule has 1 atom stereocenters. The van der Waals surface area contributed by atoms with Gasteiger partial charge >= 0.3 is 6.01 Å². The highest BCUT2D eigenvalue weighted by Crippen LogP contribution is 2.46. The number of nitrogens with zero attached hydrogens (tertiary/aromatic N) is 3. The van der Waals surface area contributed by atoms with E-state index in [0.29, 0.717) is 48.5 Å². The Labute approximate surface area is 194 Å². The van der Waals surface area contributed by atoms with Crippen molar-refractivity contribution in [2.45, 2.75) is 44.9 Å². The number of amides is 1. The van der Waals surface area contributed by atoms with Crippen molar-refractivity contribution in [1.29, 1.82) is 0 Å². The zero-order valence-corrected chi connectivity index (χ0v) is 19.8. The van der Waals surface area contributed by atoms with Crippen LogP contribution in [0.15, 0.2) is 4.47 Å². The lowest BCUT2D eigenvalue weighted by atomic mass is 10.0. The number of carbonyl (C=O) groups excluding carboxylic acids is 1. The summed E-state index contributed by atoms with van der Waals surface area (Å²) >= 11 is 3.37. The maximum absolute atomic E-state index is 15.4. The van der Waals surface area contributed by atoms with Gasteiger partial charge in [-0.25, -0.2) is 4.39 Å². The van der Waals surface area contributed by atoms with Crippen molar-refractivity contribution in [3.63, 3.8) is 0 Å². The van der Waals surface area contributed by atoms with Crippen molar-refractivity contribution in [2.24, 2.45) is 5.41 Å². The molecule has 1 amide bonds. The normalized spacial score (nSPS) is 21.5. The van der Waals surface area contributed by atoms with Gasteiger partial charge in [-0.05, 0) is 61.3 Å². The fraction of sp³-hybridized carbons (Fsp3) is 0.591. The Morgan fingerprint density at radius 1 is 1.31 bits per heavy atom. The zero-order valence-electron chi connectivity index (χ0n) is 18.3. The highest BCUT2D eigenvalue weighted by Gasteiger charge is 2.44. The van der Waals surface area contributed by atoms with E-state index in [4.69, 9.17) is 9.47 Å². The molecule has 1 aliphatic carbocycles. The van der Waals surface area contributed by atoms with Gasteiger partial charge in [0.05, 0.1) is 29.7 Å². The molecule has 0 bridgehead atoms. The Bertz CT molecular complexity index is 1080.